The molecule has 5 heterocycles. The van der Waals surface area contributed by atoms with Crippen molar-refractivity contribution in [3.63, 3.8) is 0 Å². The Balaban J connectivity index is 1.38. The summed E-state index contributed by atoms with van der Waals surface area (Å²) in [5, 5.41) is 35.9. The molecular weight excluding hydrogens is 746 g/mol. The molecule has 5 aliphatic rings. The molecule has 0 aliphatic carbocycles. The largest absolute Gasteiger partial charge is 0.481 e. The van der Waals surface area contributed by atoms with Crippen LogP contribution in [0.2, 0.25) is 0 Å². The van der Waals surface area contributed by atoms with Crippen LogP contribution in [0.25, 0.3) is 0 Å². The Bertz CT molecular complexity index is 1480. The molecule has 5 aliphatic heterocycles. The van der Waals surface area contributed by atoms with E-state index in [1.807, 2.05) is 53.7 Å². The molecule has 1 amide bonds. The molecule has 18 atom stereocenters. The van der Waals surface area contributed by atoms with E-state index in [1.54, 1.807) is 6.92 Å². The normalized spacial score (nSPS) is 43.1. The first-order valence-electron chi connectivity index (χ1n) is 22.3. The molecule has 13 nitrogen and oxygen atoms in total. The van der Waals surface area contributed by atoms with E-state index < -0.39 is 82.9 Å². The van der Waals surface area contributed by atoms with Gasteiger partial charge >= 0.3 is 5.97 Å². The van der Waals surface area contributed by atoms with Crippen molar-refractivity contribution in [2.75, 3.05) is 13.7 Å². The minimum absolute atomic E-state index is 0.0166. The van der Waals surface area contributed by atoms with Crippen LogP contribution in [-0.4, -0.2) is 112 Å². The molecule has 0 aromatic heterocycles. The van der Waals surface area contributed by atoms with Gasteiger partial charge in [0, 0.05) is 37.2 Å². The van der Waals surface area contributed by atoms with Gasteiger partial charge in [0.1, 0.15) is 18.4 Å². The van der Waals surface area contributed by atoms with Crippen LogP contribution >= 0.6 is 0 Å². The summed E-state index contributed by atoms with van der Waals surface area (Å²) >= 11 is 0. The number of hydrogen-bond donors (Lipinski definition) is 4. The number of methoxy groups -OCH3 is 1. The van der Waals surface area contributed by atoms with E-state index in [4.69, 9.17) is 28.4 Å². The minimum atomic E-state index is -1.33. The maximum absolute atomic E-state index is 14.6. The second-order valence-electron chi connectivity index (χ2n) is 18.9. The number of ketones is 1. The number of carbonyl (C=O) groups is 3. The predicted octanol–water partition coefficient (Wildman–Crippen LogP) is 5.96. The zero-order chi connectivity index (χ0) is 43.0. The van der Waals surface area contributed by atoms with Gasteiger partial charge in [-0.2, -0.15) is 0 Å². The van der Waals surface area contributed by atoms with E-state index in [0.717, 1.165) is 6.42 Å². The van der Waals surface area contributed by atoms with Crippen molar-refractivity contribution >= 4 is 17.7 Å². The molecule has 332 valence electrons. The second kappa shape index (κ2) is 18.6. The highest BCUT2D eigenvalue weighted by Gasteiger charge is 2.63. The number of rotatable bonds is 15. The lowest BCUT2D eigenvalue weighted by Gasteiger charge is -2.55. The highest BCUT2D eigenvalue weighted by Crippen LogP contribution is 2.54. The summed E-state index contributed by atoms with van der Waals surface area (Å²) < 4.78 is 39.4. The third-order valence-electron chi connectivity index (χ3n) is 15.1. The maximum Gasteiger partial charge on any atom is 0.309 e. The molecule has 4 saturated heterocycles. The number of aliphatic carboxylic acids is 1. The van der Waals surface area contributed by atoms with Gasteiger partial charge in [-0.25, -0.2) is 0 Å². The van der Waals surface area contributed by atoms with Gasteiger partial charge in [-0.1, -0.05) is 61.5 Å². The lowest BCUT2D eigenvalue weighted by molar-refractivity contribution is -0.398. The quantitative estimate of drug-likeness (QED) is 0.143. The molecule has 0 aromatic rings. The number of amides is 1. The fraction of sp³-hybridized carbons (Fsp3) is 0.889. The van der Waals surface area contributed by atoms with Crippen molar-refractivity contribution in [2.45, 2.75) is 199 Å². The number of nitrogens with one attached hydrogen (secondary N) is 1. The summed E-state index contributed by atoms with van der Waals surface area (Å²) in [6.45, 7) is 19.5. The highest BCUT2D eigenvalue weighted by molar-refractivity contribution is 5.84. The van der Waals surface area contributed by atoms with Crippen molar-refractivity contribution in [1.82, 2.24) is 5.32 Å². The van der Waals surface area contributed by atoms with Crippen LogP contribution in [0, 0.1) is 41.4 Å². The van der Waals surface area contributed by atoms with Crippen LogP contribution in [0.15, 0.2) is 12.2 Å². The molecule has 0 aromatic carbocycles. The first kappa shape index (κ1) is 47.1. The predicted molar refractivity (Wildman–Crippen MR) is 216 cm³/mol. The highest BCUT2D eigenvalue weighted by atomic mass is 16.8. The fourth-order valence-corrected chi connectivity index (χ4v) is 11.0. The van der Waals surface area contributed by atoms with E-state index in [1.165, 1.54) is 7.11 Å². The summed E-state index contributed by atoms with van der Waals surface area (Å²) in [4.78, 5) is 39.6. The Labute approximate surface area is 346 Å². The smallest absolute Gasteiger partial charge is 0.309 e. The van der Waals surface area contributed by atoms with Gasteiger partial charge < -0.3 is 49.1 Å². The Hall–Kier alpha value is -1.97. The topological polar surface area (TPSA) is 179 Å². The summed E-state index contributed by atoms with van der Waals surface area (Å²) in [6.07, 6.45) is 6.51. The summed E-state index contributed by atoms with van der Waals surface area (Å²) in [5.74, 6) is -6.28. The second-order valence-corrected chi connectivity index (χ2v) is 18.9. The van der Waals surface area contributed by atoms with Crippen LogP contribution in [0.1, 0.15) is 133 Å². The van der Waals surface area contributed by atoms with Gasteiger partial charge in [-0.3, -0.25) is 14.4 Å². The van der Waals surface area contributed by atoms with Crippen LogP contribution in [0.3, 0.4) is 0 Å². The van der Waals surface area contributed by atoms with Crippen molar-refractivity contribution in [1.29, 1.82) is 0 Å². The zero-order valence-electron chi connectivity index (χ0n) is 37.0. The molecule has 2 unspecified atom stereocenters. The van der Waals surface area contributed by atoms with Crippen molar-refractivity contribution in [3.8, 4) is 0 Å². The first-order valence-corrected chi connectivity index (χ1v) is 22.3. The molecule has 4 N–H and O–H groups in total. The summed E-state index contributed by atoms with van der Waals surface area (Å²) in [6, 6.07) is -0.669. The molecule has 0 radical (unpaired) electrons. The number of aliphatic hydroxyl groups is 2. The van der Waals surface area contributed by atoms with Gasteiger partial charge in [0.05, 0.1) is 53.7 Å². The average molecular weight is 822 g/mol. The van der Waals surface area contributed by atoms with E-state index in [-0.39, 0.29) is 48.3 Å². The van der Waals surface area contributed by atoms with E-state index in [9.17, 15) is 29.7 Å². The zero-order valence-corrected chi connectivity index (χ0v) is 37.0. The molecule has 13 heteroatoms. The lowest BCUT2D eigenvalue weighted by atomic mass is 9.72. The molecule has 0 saturated carbocycles. The number of aliphatic hydroxyl groups excluding tert-OH is 1. The van der Waals surface area contributed by atoms with Crippen LogP contribution < -0.4 is 5.32 Å². The molecule has 2 spiro atoms. The molecular formula is C45H75NO12. The molecule has 4 fully saturated rings. The minimum Gasteiger partial charge on any atom is -0.481 e. The Morgan fingerprint density at radius 2 is 1.60 bits per heavy atom. The molecule has 0 bridgehead atoms. The third-order valence-corrected chi connectivity index (χ3v) is 15.1. The number of carboxylic acids is 1. The van der Waals surface area contributed by atoms with Gasteiger partial charge in [0.15, 0.2) is 11.6 Å². The van der Waals surface area contributed by atoms with Crippen LogP contribution in [-0.2, 0) is 42.8 Å². The summed E-state index contributed by atoms with van der Waals surface area (Å²) in [7, 11) is 1.47. The number of carboxylic acid groups (broad SMARTS) is 1. The SMILES string of the molecule is CCC(C(=O)O)[C@H]1CC[C@H](C)[C@H]([C@@H](C)[C@H](O)[C@H](C)C(=O)[C@H](CC)[C@H]2O[C@]3(C=CC(NC(=O)COC)[C@]4(CC[C@@](C)([C@H]5CC[C@](O)(CC)[C@H](C)O5)O4)O3)[C@H](C)C[C@@H]2C)O1. The van der Waals surface area contributed by atoms with Gasteiger partial charge in [-0.05, 0) is 89.5 Å². The lowest BCUT2D eigenvalue weighted by Crippen LogP contribution is -2.66. The van der Waals surface area contributed by atoms with Gasteiger partial charge in [0.25, 0.3) is 0 Å². The Morgan fingerprint density at radius 1 is 0.914 bits per heavy atom. The van der Waals surface area contributed by atoms with Crippen LogP contribution in [0.5, 0.6) is 0 Å². The first-order chi connectivity index (χ1) is 27.2. The number of ether oxygens (including phenoxy) is 6. The Morgan fingerprint density at radius 3 is 2.21 bits per heavy atom. The fourth-order valence-electron chi connectivity index (χ4n) is 11.0. The molecule has 5 rings (SSSR count). The third kappa shape index (κ3) is 9.13. The Kier molecular flexibility index (Phi) is 15.1. The van der Waals surface area contributed by atoms with E-state index in [2.05, 4.69) is 26.1 Å². The standard InChI is InChI=1S/C45H75NO12/c1-12-31(41(50)51)33-16-15-25(4)39(55-33)29(8)37(48)28(7)38(49)32(13-2)40-26(5)23-27(6)44(56-40)20-17-34(46-36(47)24-53-11)45(58-44)22-21-42(10,57-45)35-18-19-43(52,14-3)30(9)54-35/h17,20,25-35,37,39-40,48,52H,12-16,18-19,21-24H2,1-11H3,(H,46,47)(H,50,51)/t25-,26-,27+,28-,29-,30-,31?,32-,33+,34?,35+,37+,39+,40-,42-,43+,44-,45-/m0/s1. The van der Waals surface area contributed by atoms with Crippen molar-refractivity contribution < 1.29 is 58.1 Å². The van der Waals surface area contributed by atoms with E-state index >= 15 is 0 Å². The van der Waals surface area contributed by atoms with Gasteiger partial charge in [-0.15, -0.1) is 0 Å². The van der Waals surface area contributed by atoms with Crippen LogP contribution in [0.4, 0.5) is 0 Å². The number of hydrogen-bond acceptors (Lipinski definition) is 11. The van der Waals surface area contributed by atoms with E-state index in [0.29, 0.717) is 57.8 Å². The molecule has 58 heavy (non-hydrogen) atoms. The van der Waals surface area contributed by atoms with Crippen molar-refractivity contribution in [3.05, 3.63) is 12.2 Å². The monoisotopic (exact) mass is 822 g/mol. The number of Topliss-reactive ketones (excluding diaryl/α,β-unsaturated/α-hetero) is 1. The summed E-state index contributed by atoms with van der Waals surface area (Å²) in [5.41, 5.74) is -1.70. The average Bonchev–Trinajstić information content (AvgIpc) is 3.52. The van der Waals surface area contributed by atoms with Crippen molar-refractivity contribution in [2.24, 2.45) is 41.4 Å². The maximum atomic E-state index is 14.6. The number of carbonyl (C=O) groups excluding carboxylic acids is 2. The van der Waals surface area contributed by atoms with Gasteiger partial charge in [0.2, 0.25) is 5.91 Å².